The lowest BCUT2D eigenvalue weighted by Gasteiger charge is -2.36. The fourth-order valence-electron chi connectivity index (χ4n) is 2.60. The summed E-state index contributed by atoms with van der Waals surface area (Å²) in [5, 5.41) is 3.33. The summed E-state index contributed by atoms with van der Waals surface area (Å²) < 4.78 is 0. The highest BCUT2D eigenvalue weighted by atomic mass is 35.5. The molecule has 1 N–H and O–H groups in total. The number of nitrogens with one attached hydrogen (secondary N) is 1. The van der Waals surface area contributed by atoms with E-state index in [-0.39, 0.29) is 23.7 Å². The Labute approximate surface area is 121 Å². The highest BCUT2D eigenvalue weighted by Crippen LogP contribution is 2.29. The SMILES string of the molecule is Cc1cccc(N(C)C(=O)C2(C)CCCNC2)c1.Cl. The first-order valence-electron chi connectivity index (χ1n) is 6.58. The van der Waals surface area contributed by atoms with Gasteiger partial charge in [-0.05, 0) is 50.9 Å². The highest BCUT2D eigenvalue weighted by Gasteiger charge is 2.36. The van der Waals surface area contributed by atoms with Crippen LogP contribution >= 0.6 is 12.4 Å². The average Bonchev–Trinajstić information content (AvgIpc) is 2.38. The fraction of sp³-hybridized carbons (Fsp3) is 0.533. The molecule has 1 saturated heterocycles. The summed E-state index contributed by atoms with van der Waals surface area (Å²) in [5.41, 5.74) is 1.89. The van der Waals surface area contributed by atoms with Crippen molar-refractivity contribution in [3.8, 4) is 0 Å². The van der Waals surface area contributed by atoms with Crippen LogP contribution in [0.3, 0.4) is 0 Å². The molecular weight excluding hydrogens is 260 g/mol. The minimum Gasteiger partial charge on any atom is -0.316 e. The van der Waals surface area contributed by atoms with E-state index < -0.39 is 0 Å². The van der Waals surface area contributed by atoms with Crippen LogP contribution < -0.4 is 10.2 Å². The van der Waals surface area contributed by atoms with Gasteiger partial charge in [-0.1, -0.05) is 12.1 Å². The van der Waals surface area contributed by atoms with E-state index in [4.69, 9.17) is 0 Å². The second-order valence-corrected chi connectivity index (χ2v) is 5.54. The summed E-state index contributed by atoms with van der Waals surface area (Å²) >= 11 is 0. The second-order valence-electron chi connectivity index (χ2n) is 5.54. The van der Waals surface area contributed by atoms with E-state index in [0.717, 1.165) is 31.6 Å². The first-order chi connectivity index (χ1) is 8.53. The van der Waals surface area contributed by atoms with Gasteiger partial charge in [-0.15, -0.1) is 12.4 Å². The molecule has 1 aliphatic rings. The maximum Gasteiger partial charge on any atom is 0.233 e. The number of carbonyl (C=O) groups is 1. The van der Waals surface area contributed by atoms with Crippen molar-refractivity contribution in [2.24, 2.45) is 5.41 Å². The molecule has 19 heavy (non-hydrogen) atoms. The van der Waals surface area contributed by atoms with Crippen LogP contribution in [0.5, 0.6) is 0 Å². The Morgan fingerprint density at radius 1 is 1.42 bits per heavy atom. The average molecular weight is 283 g/mol. The molecule has 0 radical (unpaired) electrons. The molecular formula is C15H23ClN2O. The molecule has 106 valence electrons. The van der Waals surface area contributed by atoms with E-state index in [0.29, 0.717) is 0 Å². The number of piperidine rings is 1. The fourth-order valence-corrected chi connectivity index (χ4v) is 2.60. The van der Waals surface area contributed by atoms with Crippen molar-refractivity contribution < 1.29 is 4.79 Å². The van der Waals surface area contributed by atoms with Gasteiger partial charge in [0.15, 0.2) is 0 Å². The Morgan fingerprint density at radius 2 is 2.16 bits per heavy atom. The Balaban J connectivity index is 0.00000180. The lowest BCUT2D eigenvalue weighted by atomic mass is 9.81. The number of anilines is 1. The van der Waals surface area contributed by atoms with E-state index in [9.17, 15) is 4.79 Å². The number of hydrogen-bond donors (Lipinski definition) is 1. The molecule has 3 nitrogen and oxygen atoms in total. The number of carbonyl (C=O) groups excluding carboxylic acids is 1. The monoisotopic (exact) mass is 282 g/mol. The molecule has 0 aliphatic carbocycles. The predicted octanol–water partition coefficient (Wildman–Crippen LogP) is 2.77. The number of nitrogens with zero attached hydrogens (tertiary/aromatic N) is 1. The van der Waals surface area contributed by atoms with Gasteiger partial charge in [-0.2, -0.15) is 0 Å². The summed E-state index contributed by atoms with van der Waals surface area (Å²) in [6.07, 6.45) is 2.04. The predicted molar refractivity (Wildman–Crippen MR) is 82.0 cm³/mol. The topological polar surface area (TPSA) is 32.3 Å². The third-order valence-electron chi connectivity index (χ3n) is 3.81. The molecule has 1 heterocycles. The third kappa shape index (κ3) is 3.48. The molecule has 1 fully saturated rings. The molecule has 1 aliphatic heterocycles. The zero-order chi connectivity index (χ0) is 13.2. The summed E-state index contributed by atoms with van der Waals surface area (Å²) in [6, 6.07) is 8.09. The Hall–Kier alpha value is -1.06. The van der Waals surface area contributed by atoms with Gasteiger partial charge < -0.3 is 10.2 Å². The number of amides is 1. The second kappa shape index (κ2) is 6.40. The van der Waals surface area contributed by atoms with Crippen molar-refractivity contribution in [1.82, 2.24) is 5.32 Å². The number of benzene rings is 1. The molecule has 0 aromatic heterocycles. The van der Waals surface area contributed by atoms with E-state index in [1.54, 1.807) is 4.90 Å². The molecule has 1 unspecified atom stereocenters. The smallest absolute Gasteiger partial charge is 0.233 e. The Morgan fingerprint density at radius 3 is 2.74 bits per heavy atom. The van der Waals surface area contributed by atoms with Crippen molar-refractivity contribution in [3.63, 3.8) is 0 Å². The summed E-state index contributed by atoms with van der Waals surface area (Å²) in [5.74, 6) is 0.209. The molecule has 0 saturated carbocycles. The lowest BCUT2D eigenvalue weighted by molar-refractivity contribution is -0.128. The largest absolute Gasteiger partial charge is 0.316 e. The van der Waals surface area contributed by atoms with E-state index in [1.165, 1.54) is 5.56 Å². The third-order valence-corrected chi connectivity index (χ3v) is 3.81. The first kappa shape index (κ1) is 16.0. The van der Waals surface area contributed by atoms with Gasteiger partial charge in [0.05, 0.1) is 5.41 Å². The molecule has 1 aromatic rings. The maximum absolute atomic E-state index is 12.6. The van der Waals surface area contributed by atoms with Crippen molar-refractivity contribution in [3.05, 3.63) is 29.8 Å². The molecule has 0 spiro atoms. The van der Waals surface area contributed by atoms with Gasteiger partial charge in [-0.3, -0.25) is 4.79 Å². The van der Waals surface area contributed by atoms with Crippen LogP contribution in [0.25, 0.3) is 0 Å². The maximum atomic E-state index is 12.6. The quantitative estimate of drug-likeness (QED) is 0.905. The van der Waals surface area contributed by atoms with Crippen LogP contribution in [-0.2, 0) is 4.79 Å². The number of rotatable bonds is 2. The lowest BCUT2D eigenvalue weighted by Crippen LogP contribution is -2.49. The molecule has 1 amide bonds. The van der Waals surface area contributed by atoms with E-state index in [2.05, 4.69) is 18.3 Å². The first-order valence-corrected chi connectivity index (χ1v) is 6.58. The van der Waals surface area contributed by atoms with Crippen LogP contribution in [0.4, 0.5) is 5.69 Å². The minimum atomic E-state index is -0.267. The van der Waals surface area contributed by atoms with Gasteiger partial charge >= 0.3 is 0 Å². The van der Waals surface area contributed by atoms with Gasteiger partial charge in [-0.25, -0.2) is 0 Å². The van der Waals surface area contributed by atoms with E-state index in [1.807, 2.05) is 32.2 Å². The van der Waals surface area contributed by atoms with Crippen molar-refractivity contribution >= 4 is 24.0 Å². The van der Waals surface area contributed by atoms with Crippen LogP contribution in [0.1, 0.15) is 25.3 Å². The number of hydrogen-bond acceptors (Lipinski definition) is 2. The number of aryl methyl sites for hydroxylation is 1. The zero-order valence-electron chi connectivity index (χ0n) is 11.9. The van der Waals surface area contributed by atoms with Gasteiger partial charge in [0.1, 0.15) is 0 Å². The van der Waals surface area contributed by atoms with Crippen molar-refractivity contribution in [2.75, 3.05) is 25.0 Å². The zero-order valence-corrected chi connectivity index (χ0v) is 12.7. The summed E-state index contributed by atoms with van der Waals surface area (Å²) in [7, 11) is 1.87. The van der Waals surface area contributed by atoms with Crippen molar-refractivity contribution in [2.45, 2.75) is 26.7 Å². The van der Waals surface area contributed by atoms with Gasteiger partial charge in [0.25, 0.3) is 0 Å². The van der Waals surface area contributed by atoms with E-state index >= 15 is 0 Å². The standard InChI is InChI=1S/C15H22N2O.ClH/c1-12-6-4-7-13(10-12)17(3)14(18)15(2)8-5-9-16-11-15;/h4,6-7,10,16H,5,8-9,11H2,1-3H3;1H. The normalized spacial score (nSPS) is 22.5. The van der Waals surface area contributed by atoms with Crippen LogP contribution in [0, 0.1) is 12.3 Å². The highest BCUT2D eigenvalue weighted by molar-refractivity contribution is 5.97. The Bertz CT molecular complexity index is 442. The Kier molecular flexibility index (Phi) is 5.39. The van der Waals surface area contributed by atoms with Crippen LogP contribution in [0.2, 0.25) is 0 Å². The van der Waals surface area contributed by atoms with Gasteiger partial charge in [0, 0.05) is 19.3 Å². The minimum absolute atomic E-state index is 0. The van der Waals surface area contributed by atoms with Crippen molar-refractivity contribution in [1.29, 1.82) is 0 Å². The summed E-state index contributed by atoms with van der Waals surface area (Å²) in [4.78, 5) is 14.4. The molecule has 0 bridgehead atoms. The van der Waals surface area contributed by atoms with Crippen LogP contribution in [0.15, 0.2) is 24.3 Å². The van der Waals surface area contributed by atoms with Crippen LogP contribution in [-0.4, -0.2) is 26.0 Å². The van der Waals surface area contributed by atoms with Gasteiger partial charge in [0.2, 0.25) is 5.91 Å². The molecule has 1 aromatic carbocycles. The molecule has 4 heteroatoms. The molecule has 1 atom stereocenters. The summed E-state index contributed by atoms with van der Waals surface area (Å²) in [6.45, 7) is 5.92. The number of halogens is 1. The molecule has 2 rings (SSSR count).